The van der Waals surface area contributed by atoms with E-state index in [-0.39, 0.29) is 0 Å². The van der Waals surface area contributed by atoms with Crippen molar-refractivity contribution in [3.05, 3.63) is 23.1 Å². The summed E-state index contributed by atoms with van der Waals surface area (Å²) >= 11 is 7.56. The van der Waals surface area contributed by atoms with Gasteiger partial charge in [0.05, 0.1) is 5.75 Å². The van der Waals surface area contributed by atoms with Crippen molar-refractivity contribution in [3.8, 4) is 0 Å². The van der Waals surface area contributed by atoms with Crippen LogP contribution in [0.15, 0.2) is 16.5 Å². The van der Waals surface area contributed by atoms with Crippen LogP contribution in [0.25, 0.3) is 0 Å². The average molecular weight is 248 g/mol. The standard InChI is InChI=1S/C11H18ClNOS/c1-8(2)13-6-9(3)15-7-10-4-5-11(12)14-10/h4-5,8-9,13H,6-7H2,1-3H3. The van der Waals surface area contributed by atoms with E-state index in [1.54, 1.807) is 6.07 Å². The highest BCUT2D eigenvalue weighted by atomic mass is 35.5. The predicted octanol–water partition coefficient (Wildman–Crippen LogP) is 3.55. The van der Waals surface area contributed by atoms with Gasteiger partial charge < -0.3 is 9.73 Å². The highest BCUT2D eigenvalue weighted by Crippen LogP contribution is 2.21. The molecule has 1 atom stereocenters. The molecular formula is C11H18ClNOS. The Hall–Kier alpha value is -0.120. The third-order valence-electron chi connectivity index (χ3n) is 1.95. The molecular weight excluding hydrogens is 230 g/mol. The quantitative estimate of drug-likeness (QED) is 0.832. The lowest BCUT2D eigenvalue weighted by atomic mass is 10.3. The normalized spacial score (nSPS) is 13.4. The molecule has 0 radical (unpaired) electrons. The number of rotatable bonds is 6. The van der Waals surface area contributed by atoms with Gasteiger partial charge in [-0.05, 0) is 23.7 Å². The Morgan fingerprint density at radius 3 is 2.67 bits per heavy atom. The summed E-state index contributed by atoms with van der Waals surface area (Å²) in [6, 6.07) is 4.26. The molecule has 1 rings (SSSR count). The maximum Gasteiger partial charge on any atom is 0.193 e. The SMILES string of the molecule is CC(C)NCC(C)SCc1ccc(Cl)o1. The summed E-state index contributed by atoms with van der Waals surface area (Å²) < 4.78 is 5.28. The summed E-state index contributed by atoms with van der Waals surface area (Å²) in [6.07, 6.45) is 0. The fourth-order valence-electron chi connectivity index (χ4n) is 1.11. The van der Waals surface area contributed by atoms with Gasteiger partial charge in [0.1, 0.15) is 5.76 Å². The van der Waals surface area contributed by atoms with Crippen molar-refractivity contribution in [2.75, 3.05) is 6.54 Å². The van der Waals surface area contributed by atoms with E-state index in [1.165, 1.54) is 0 Å². The fraction of sp³-hybridized carbons (Fsp3) is 0.636. The summed E-state index contributed by atoms with van der Waals surface area (Å²) in [5.74, 6) is 1.83. The molecule has 0 saturated heterocycles. The molecule has 1 N–H and O–H groups in total. The first-order valence-corrected chi connectivity index (χ1v) is 6.60. The summed E-state index contributed by atoms with van der Waals surface area (Å²) in [7, 11) is 0. The zero-order valence-electron chi connectivity index (χ0n) is 9.42. The monoisotopic (exact) mass is 247 g/mol. The van der Waals surface area contributed by atoms with E-state index >= 15 is 0 Å². The van der Waals surface area contributed by atoms with Gasteiger partial charge in [-0.1, -0.05) is 20.8 Å². The lowest BCUT2D eigenvalue weighted by Crippen LogP contribution is -2.29. The van der Waals surface area contributed by atoms with Gasteiger partial charge in [0.2, 0.25) is 0 Å². The Morgan fingerprint density at radius 1 is 1.40 bits per heavy atom. The average Bonchev–Trinajstić information content (AvgIpc) is 2.58. The van der Waals surface area contributed by atoms with Crippen molar-refractivity contribution < 1.29 is 4.42 Å². The van der Waals surface area contributed by atoms with E-state index in [2.05, 4.69) is 26.1 Å². The second-order valence-corrected chi connectivity index (χ2v) is 5.69. The first-order chi connectivity index (χ1) is 7.08. The van der Waals surface area contributed by atoms with Gasteiger partial charge in [-0.3, -0.25) is 0 Å². The Morgan fingerprint density at radius 2 is 2.13 bits per heavy atom. The number of nitrogens with one attached hydrogen (secondary N) is 1. The maximum absolute atomic E-state index is 5.69. The van der Waals surface area contributed by atoms with Gasteiger partial charge in [-0.2, -0.15) is 0 Å². The van der Waals surface area contributed by atoms with Gasteiger partial charge in [0, 0.05) is 17.8 Å². The van der Waals surface area contributed by atoms with Crippen LogP contribution < -0.4 is 5.32 Å². The Kier molecular flexibility index (Phi) is 5.58. The highest BCUT2D eigenvalue weighted by molar-refractivity contribution is 7.99. The van der Waals surface area contributed by atoms with Crippen LogP contribution >= 0.6 is 23.4 Å². The topological polar surface area (TPSA) is 25.2 Å². The summed E-state index contributed by atoms with van der Waals surface area (Å²) in [5, 5.41) is 4.46. The maximum atomic E-state index is 5.69. The van der Waals surface area contributed by atoms with Crippen LogP contribution in [0.4, 0.5) is 0 Å². The molecule has 86 valence electrons. The molecule has 0 aliphatic rings. The lowest BCUT2D eigenvalue weighted by Gasteiger charge is -2.13. The smallest absolute Gasteiger partial charge is 0.193 e. The molecule has 1 unspecified atom stereocenters. The number of hydrogen-bond acceptors (Lipinski definition) is 3. The molecule has 15 heavy (non-hydrogen) atoms. The molecule has 0 saturated carbocycles. The van der Waals surface area contributed by atoms with E-state index in [0.29, 0.717) is 16.5 Å². The molecule has 4 heteroatoms. The molecule has 0 spiro atoms. The van der Waals surface area contributed by atoms with Gasteiger partial charge in [0.25, 0.3) is 0 Å². The molecule has 0 bridgehead atoms. The Balaban J connectivity index is 2.19. The Bertz CT molecular complexity index is 288. The Labute approximate surface area is 101 Å². The van der Waals surface area contributed by atoms with Gasteiger partial charge in [-0.15, -0.1) is 11.8 Å². The first-order valence-electron chi connectivity index (χ1n) is 5.17. The molecule has 0 aliphatic carbocycles. The van der Waals surface area contributed by atoms with Gasteiger partial charge in [0.15, 0.2) is 5.22 Å². The first kappa shape index (κ1) is 12.9. The van der Waals surface area contributed by atoms with Crippen LogP contribution in [0.5, 0.6) is 0 Å². The third kappa shape index (κ3) is 5.50. The van der Waals surface area contributed by atoms with Crippen LogP contribution in [0.1, 0.15) is 26.5 Å². The molecule has 0 aromatic carbocycles. The second kappa shape index (κ2) is 6.46. The molecule has 0 aliphatic heterocycles. The molecule has 0 fully saturated rings. The summed E-state index contributed by atoms with van der Waals surface area (Å²) in [4.78, 5) is 0. The van der Waals surface area contributed by atoms with Crippen molar-refractivity contribution in [2.24, 2.45) is 0 Å². The van der Waals surface area contributed by atoms with Crippen molar-refractivity contribution in [1.29, 1.82) is 0 Å². The third-order valence-corrected chi connectivity index (χ3v) is 3.34. The van der Waals surface area contributed by atoms with Crippen LogP contribution in [0.3, 0.4) is 0 Å². The molecule has 1 aromatic rings. The van der Waals surface area contributed by atoms with Crippen LogP contribution in [0.2, 0.25) is 5.22 Å². The minimum Gasteiger partial charge on any atom is -0.449 e. The van der Waals surface area contributed by atoms with E-state index < -0.39 is 0 Å². The van der Waals surface area contributed by atoms with Crippen LogP contribution in [-0.2, 0) is 5.75 Å². The van der Waals surface area contributed by atoms with Gasteiger partial charge in [-0.25, -0.2) is 0 Å². The van der Waals surface area contributed by atoms with Gasteiger partial charge >= 0.3 is 0 Å². The van der Waals surface area contributed by atoms with Crippen molar-refractivity contribution in [3.63, 3.8) is 0 Å². The number of halogens is 1. The van der Waals surface area contributed by atoms with E-state index in [4.69, 9.17) is 16.0 Å². The van der Waals surface area contributed by atoms with Crippen LogP contribution in [-0.4, -0.2) is 17.8 Å². The van der Waals surface area contributed by atoms with Crippen LogP contribution in [0, 0.1) is 0 Å². The summed E-state index contributed by atoms with van der Waals surface area (Å²) in [6.45, 7) is 7.55. The number of hydrogen-bond donors (Lipinski definition) is 1. The molecule has 2 nitrogen and oxygen atoms in total. The van der Waals surface area contributed by atoms with Crippen molar-refractivity contribution in [1.82, 2.24) is 5.32 Å². The molecule has 1 heterocycles. The molecule has 1 aromatic heterocycles. The zero-order valence-corrected chi connectivity index (χ0v) is 11.0. The van der Waals surface area contributed by atoms with E-state index in [1.807, 2.05) is 17.8 Å². The largest absolute Gasteiger partial charge is 0.449 e. The van der Waals surface area contributed by atoms with Crippen molar-refractivity contribution in [2.45, 2.75) is 37.8 Å². The summed E-state index contributed by atoms with van der Waals surface area (Å²) in [5.41, 5.74) is 0. The van der Waals surface area contributed by atoms with E-state index in [0.717, 1.165) is 18.1 Å². The lowest BCUT2D eigenvalue weighted by molar-refractivity contribution is 0.531. The number of furan rings is 1. The van der Waals surface area contributed by atoms with E-state index in [9.17, 15) is 0 Å². The highest BCUT2D eigenvalue weighted by Gasteiger charge is 2.06. The molecule has 0 amide bonds. The fourth-order valence-corrected chi connectivity index (χ4v) is 2.09. The minimum absolute atomic E-state index is 0.471. The number of thioether (sulfide) groups is 1. The second-order valence-electron chi connectivity index (χ2n) is 3.89. The zero-order chi connectivity index (χ0) is 11.3. The predicted molar refractivity (Wildman–Crippen MR) is 67.6 cm³/mol. The minimum atomic E-state index is 0.471. The van der Waals surface area contributed by atoms with Crippen molar-refractivity contribution >= 4 is 23.4 Å².